The van der Waals surface area contributed by atoms with E-state index in [0.29, 0.717) is 10.8 Å². The van der Waals surface area contributed by atoms with Crippen LogP contribution in [0.3, 0.4) is 0 Å². The van der Waals surface area contributed by atoms with Gasteiger partial charge in [0.2, 0.25) is 5.91 Å². The van der Waals surface area contributed by atoms with E-state index in [4.69, 9.17) is 17.3 Å². The maximum atomic E-state index is 11.9. The number of amides is 1. The molecule has 6 nitrogen and oxygen atoms in total. The summed E-state index contributed by atoms with van der Waals surface area (Å²) < 4.78 is 0. The average Bonchev–Trinajstić information content (AvgIpc) is 3.07. The lowest BCUT2D eigenvalue weighted by Gasteiger charge is -2.17. The van der Waals surface area contributed by atoms with Crippen LogP contribution < -0.4 is 11.1 Å². The number of hydrogen-bond acceptors (Lipinski definition) is 4. The first-order chi connectivity index (χ1) is 13.1. The summed E-state index contributed by atoms with van der Waals surface area (Å²) in [5.74, 6) is -0.460. The number of anilines is 1. The Balaban J connectivity index is 1.67. The maximum absolute atomic E-state index is 11.9. The number of aromatic amines is 1. The molecule has 4 rings (SSSR count). The molecule has 0 unspecified atom stereocenters. The zero-order valence-electron chi connectivity index (χ0n) is 14.2. The predicted octanol–water partition coefficient (Wildman–Crippen LogP) is 3.92. The van der Waals surface area contributed by atoms with Gasteiger partial charge in [-0.1, -0.05) is 48.0 Å². The fourth-order valence-electron chi connectivity index (χ4n) is 2.97. The fourth-order valence-corrected chi connectivity index (χ4v) is 3.16. The van der Waals surface area contributed by atoms with Gasteiger partial charge in [-0.2, -0.15) is 5.10 Å². The maximum Gasteiger partial charge on any atom is 0.244 e. The molecular formula is C20H16ClN5O. The quantitative estimate of drug-likeness (QED) is 0.491. The molecule has 4 N–H and O–H groups in total. The summed E-state index contributed by atoms with van der Waals surface area (Å²) in [6, 6.07) is 16.4. The Morgan fingerprint density at radius 2 is 1.89 bits per heavy atom. The molecule has 27 heavy (non-hydrogen) atoms. The molecule has 1 amide bonds. The van der Waals surface area contributed by atoms with E-state index >= 15 is 0 Å². The second-order valence-electron chi connectivity index (χ2n) is 6.12. The Kier molecular flexibility index (Phi) is 4.48. The predicted molar refractivity (Wildman–Crippen MR) is 106 cm³/mol. The number of carbonyl (C=O) groups is 1. The van der Waals surface area contributed by atoms with Crippen LogP contribution in [0.1, 0.15) is 11.6 Å². The number of halogens is 1. The van der Waals surface area contributed by atoms with Crippen LogP contribution in [0.5, 0.6) is 0 Å². The lowest BCUT2D eigenvalue weighted by Crippen LogP contribution is -2.27. The van der Waals surface area contributed by atoms with Crippen molar-refractivity contribution in [2.24, 2.45) is 5.73 Å². The molecule has 2 heterocycles. The number of aromatic nitrogens is 3. The summed E-state index contributed by atoms with van der Waals surface area (Å²) in [5, 5.41) is 11.4. The molecule has 134 valence electrons. The van der Waals surface area contributed by atoms with Crippen LogP contribution >= 0.6 is 11.6 Å². The number of benzene rings is 2. The van der Waals surface area contributed by atoms with E-state index < -0.39 is 11.9 Å². The summed E-state index contributed by atoms with van der Waals surface area (Å²) in [7, 11) is 0. The Bertz CT molecular complexity index is 1110. The number of fused-ring (bicyclic) bond motifs is 1. The number of nitrogens with zero attached hydrogens (tertiary/aromatic N) is 2. The molecule has 0 aliphatic heterocycles. The third kappa shape index (κ3) is 3.47. The van der Waals surface area contributed by atoms with Gasteiger partial charge in [0.25, 0.3) is 0 Å². The van der Waals surface area contributed by atoms with Crippen LogP contribution in [0.15, 0.2) is 67.0 Å². The Morgan fingerprint density at radius 1 is 1.07 bits per heavy atom. The van der Waals surface area contributed by atoms with Crippen molar-refractivity contribution in [3.05, 3.63) is 77.7 Å². The standard InChI is InChI=1S/C20H16ClN5O/c21-19-16-9-13(6-7-17(16)25-26-19)14-8-15(11-23-10-14)24-18(20(22)27)12-4-2-1-3-5-12/h1-11,18,24H,(H2,22,27)(H,25,26)/t18-/m0/s1. The topological polar surface area (TPSA) is 96.7 Å². The van der Waals surface area contributed by atoms with Gasteiger partial charge in [-0.05, 0) is 29.3 Å². The highest BCUT2D eigenvalue weighted by Gasteiger charge is 2.17. The molecule has 0 aliphatic rings. The Hall–Kier alpha value is -3.38. The molecule has 2 aromatic carbocycles. The van der Waals surface area contributed by atoms with E-state index in [2.05, 4.69) is 20.5 Å². The van der Waals surface area contributed by atoms with Crippen molar-refractivity contribution in [3.63, 3.8) is 0 Å². The van der Waals surface area contributed by atoms with Crippen molar-refractivity contribution in [2.45, 2.75) is 6.04 Å². The lowest BCUT2D eigenvalue weighted by atomic mass is 10.0. The van der Waals surface area contributed by atoms with Gasteiger partial charge in [-0.15, -0.1) is 0 Å². The minimum atomic E-state index is -0.644. The summed E-state index contributed by atoms with van der Waals surface area (Å²) in [5.41, 5.74) is 9.69. The van der Waals surface area contributed by atoms with E-state index in [0.717, 1.165) is 27.6 Å². The normalized spacial score (nSPS) is 12.0. The van der Waals surface area contributed by atoms with E-state index in [1.54, 1.807) is 12.4 Å². The molecule has 0 fully saturated rings. The molecule has 7 heteroatoms. The second kappa shape index (κ2) is 7.09. The van der Waals surface area contributed by atoms with E-state index in [1.165, 1.54) is 0 Å². The van der Waals surface area contributed by atoms with Crippen molar-refractivity contribution >= 4 is 34.1 Å². The first-order valence-corrected chi connectivity index (χ1v) is 8.69. The van der Waals surface area contributed by atoms with E-state index in [9.17, 15) is 4.79 Å². The molecule has 2 aromatic heterocycles. The Morgan fingerprint density at radius 3 is 2.67 bits per heavy atom. The van der Waals surface area contributed by atoms with Gasteiger partial charge in [0.1, 0.15) is 11.2 Å². The van der Waals surface area contributed by atoms with Crippen molar-refractivity contribution in [3.8, 4) is 11.1 Å². The number of nitrogens with two attached hydrogens (primary N) is 1. The van der Waals surface area contributed by atoms with Gasteiger partial charge in [-0.3, -0.25) is 14.9 Å². The minimum Gasteiger partial charge on any atom is -0.369 e. The minimum absolute atomic E-state index is 0.460. The molecule has 0 aliphatic carbocycles. The van der Waals surface area contributed by atoms with Gasteiger partial charge < -0.3 is 11.1 Å². The van der Waals surface area contributed by atoms with Gasteiger partial charge in [0.05, 0.1) is 17.4 Å². The van der Waals surface area contributed by atoms with Crippen LogP contribution in [0.2, 0.25) is 5.15 Å². The van der Waals surface area contributed by atoms with Crippen molar-refractivity contribution < 1.29 is 4.79 Å². The van der Waals surface area contributed by atoms with Crippen molar-refractivity contribution in [2.75, 3.05) is 5.32 Å². The van der Waals surface area contributed by atoms with Crippen LogP contribution in [0.4, 0.5) is 5.69 Å². The first kappa shape index (κ1) is 17.1. The highest BCUT2D eigenvalue weighted by molar-refractivity contribution is 6.34. The third-order valence-corrected chi connectivity index (χ3v) is 4.60. The van der Waals surface area contributed by atoms with Gasteiger partial charge in [0.15, 0.2) is 0 Å². The number of hydrogen-bond donors (Lipinski definition) is 3. The highest BCUT2D eigenvalue weighted by Crippen LogP contribution is 2.29. The zero-order chi connectivity index (χ0) is 18.8. The molecule has 0 spiro atoms. The Labute approximate surface area is 160 Å². The summed E-state index contributed by atoms with van der Waals surface area (Å²) in [6.45, 7) is 0. The van der Waals surface area contributed by atoms with E-state index in [-0.39, 0.29) is 0 Å². The molecule has 0 radical (unpaired) electrons. The molecule has 0 saturated carbocycles. The van der Waals surface area contributed by atoms with Gasteiger partial charge in [0, 0.05) is 17.1 Å². The zero-order valence-corrected chi connectivity index (χ0v) is 14.9. The number of H-pyrrole nitrogens is 1. The number of primary amides is 1. The van der Waals surface area contributed by atoms with Crippen LogP contribution in [0, 0.1) is 0 Å². The first-order valence-electron chi connectivity index (χ1n) is 8.31. The fraction of sp³-hybridized carbons (Fsp3) is 0.0500. The van der Waals surface area contributed by atoms with Gasteiger partial charge >= 0.3 is 0 Å². The monoisotopic (exact) mass is 377 g/mol. The van der Waals surface area contributed by atoms with Crippen LogP contribution in [-0.4, -0.2) is 21.1 Å². The number of pyridine rings is 1. The highest BCUT2D eigenvalue weighted by atomic mass is 35.5. The summed E-state index contributed by atoms with van der Waals surface area (Å²) in [4.78, 5) is 16.2. The average molecular weight is 378 g/mol. The molecule has 4 aromatic rings. The smallest absolute Gasteiger partial charge is 0.244 e. The molecule has 0 bridgehead atoms. The molecule has 0 saturated heterocycles. The largest absolute Gasteiger partial charge is 0.369 e. The second-order valence-corrected chi connectivity index (χ2v) is 6.50. The van der Waals surface area contributed by atoms with Crippen LogP contribution in [-0.2, 0) is 4.79 Å². The van der Waals surface area contributed by atoms with E-state index in [1.807, 2.05) is 54.6 Å². The lowest BCUT2D eigenvalue weighted by molar-refractivity contribution is -0.118. The third-order valence-electron chi connectivity index (χ3n) is 4.31. The van der Waals surface area contributed by atoms with Crippen molar-refractivity contribution in [1.29, 1.82) is 0 Å². The SMILES string of the molecule is NC(=O)[C@@H](Nc1cncc(-c2ccc3n[nH]c(Cl)c3c2)c1)c1ccccc1. The molecule has 1 atom stereocenters. The summed E-state index contributed by atoms with van der Waals surface area (Å²) >= 11 is 6.14. The van der Waals surface area contributed by atoms with Crippen LogP contribution in [0.25, 0.3) is 22.0 Å². The number of rotatable bonds is 5. The number of carbonyl (C=O) groups excluding carboxylic acids is 1. The molecular weight excluding hydrogens is 362 g/mol. The van der Waals surface area contributed by atoms with Gasteiger partial charge in [-0.25, -0.2) is 0 Å². The number of nitrogens with one attached hydrogen (secondary N) is 2. The summed E-state index contributed by atoms with van der Waals surface area (Å²) in [6.07, 6.45) is 3.41. The van der Waals surface area contributed by atoms with Crippen molar-refractivity contribution in [1.82, 2.24) is 15.2 Å².